The summed E-state index contributed by atoms with van der Waals surface area (Å²) in [5.74, 6) is -0.0405. The predicted octanol–water partition coefficient (Wildman–Crippen LogP) is 3.53. The fourth-order valence-electron chi connectivity index (χ4n) is 2.92. The van der Waals surface area contributed by atoms with Gasteiger partial charge < -0.3 is 11.1 Å². The van der Waals surface area contributed by atoms with E-state index < -0.39 is 0 Å². The highest BCUT2D eigenvalue weighted by molar-refractivity contribution is 6.35. The molecule has 0 aromatic heterocycles. The van der Waals surface area contributed by atoms with Crippen molar-refractivity contribution in [1.82, 2.24) is 4.90 Å². The van der Waals surface area contributed by atoms with E-state index in [-0.39, 0.29) is 5.91 Å². The molecule has 1 aliphatic heterocycles. The van der Waals surface area contributed by atoms with Crippen molar-refractivity contribution in [1.29, 1.82) is 0 Å². The van der Waals surface area contributed by atoms with Gasteiger partial charge in [0.1, 0.15) is 0 Å². The molecule has 3 N–H and O–H groups in total. The Morgan fingerprint density at radius 1 is 1.36 bits per heavy atom. The quantitative estimate of drug-likeness (QED) is 0.830. The molecule has 122 valence electrons. The number of piperidine rings is 1. The first-order valence-corrected chi connectivity index (χ1v) is 8.55. The molecule has 1 aromatic rings. The molecule has 6 heteroatoms. The van der Waals surface area contributed by atoms with E-state index in [1.54, 1.807) is 18.2 Å². The van der Waals surface area contributed by atoms with Crippen LogP contribution in [0.1, 0.15) is 32.1 Å². The van der Waals surface area contributed by atoms with Crippen LogP contribution in [0.2, 0.25) is 10.0 Å². The van der Waals surface area contributed by atoms with Gasteiger partial charge in [-0.2, -0.15) is 0 Å². The summed E-state index contributed by atoms with van der Waals surface area (Å²) in [7, 11) is 0. The predicted molar refractivity (Wildman–Crippen MR) is 92.6 cm³/mol. The van der Waals surface area contributed by atoms with E-state index in [9.17, 15) is 4.79 Å². The van der Waals surface area contributed by atoms with Crippen LogP contribution in [0.15, 0.2) is 18.2 Å². The van der Waals surface area contributed by atoms with E-state index in [1.165, 1.54) is 19.3 Å². The lowest BCUT2D eigenvalue weighted by molar-refractivity contribution is -0.116. The molecule has 0 saturated carbocycles. The fraction of sp³-hybridized carbons (Fsp3) is 0.562. The highest BCUT2D eigenvalue weighted by Crippen LogP contribution is 2.25. The van der Waals surface area contributed by atoms with Crippen molar-refractivity contribution >= 4 is 34.8 Å². The van der Waals surface area contributed by atoms with Crippen LogP contribution in [0.25, 0.3) is 0 Å². The molecule has 0 aliphatic carbocycles. The Kier molecular flexibility index (Phi) is 6.96. The third-order valence-corrected chi connectivity index (χ3v) is 4.64. The maximum absolute atomic E-state index is 12.1. The van der Waals surface area contributed by atoms with E-state index in [2.05, 4.69) is 10.2 Å². The lowest BCUT2D eigenvalue weighted by Gasteiger charge is -2.35. The van der Waals surface area contributed by atoms with Crippen molar-refractivity contribution < 1.29 is 4.79 Å². The number of nitrogens with two attached hydrogens (primary N) is 1. The van der Waals surface area contributed by atoms with E-state index in [1.807, 2.05) is 0 Å². The van der Waals surface area contributed by atoms with Gasteiger partial charge >= 0.3 is 0 Å². The molecule has 22 heavy (non-hydrogen) atoms. The summed E-state index contributed by atoms with van der Waals surface area (Å²) >= 11 is 12.0. The Bertz CT molecular complexity index is 508. The second-order valence-corrected chi connectivity index (χ2v) is 6.53. The molecule has 0 bridgehead atoms. The number of nitrogens with one attached hydrogen (secondary N) is 1. The van der Waals surface area contributed by atoms with Crippen LogP contribution in [0.5, 0.6) is 0 Å². The Morgan fingerprint density at radius 2 is 2.18 bits per heavy atom. The van der Waals surface area contributed by atoms with Gasteiger partial charge in [0.15, 0.2) is 0 Å². The summed E-state index contributed by atoms with van der Waals surface area (Å²) in [6, 6.07) is 5.56. The number of likely N-dealkylation sites (tertiary alicyclic amines) is 1. The van der Waals surface area contributed by atoms with Crippen LogP contribution in [-0.2, 0) is 4.79 Å². The number of halogens is 2. The number of nitrogens with zero attached hydrogens (tertiary/aromatic N) is 1. The third kappa shape index (κ3) is 5.13. The second-order valence-electron chi connectivity index (χ2n) is 5.69. The minimum absolute atomic E-state index is 0.0405. The minimum atomic E-state index is -0.0405. The first kappa shape index (κ1) is 17.5. The number of rotatable bonds is 6. The van der Waals surface area contributed by atoms with Gasteiger partial charge in [0.2, 0.25) is 5.91 Å². The van der Waals surface area contributed by atoms with Crippen molar-refractivity contribution in [3.8, 4) is 0 Å². The van der Waals surface area contributed by atoms with E-state index in [4.69, 9.17) is 28.9 Å². The molecule has 0 radical (unpaired) electrons. The van der Waals surface area contributed by atoms with Crippen molar-refractivity contribution in [2.24, 2.45) is 5.73 Å². The fourth-order valence-corrected chi connectivity index (χ4v) is 3.26. The smallest absolute Gasteiger partial charge is 0.225 e. The Morgan fingerprint density at radius 3 is 2.95 bits per heavy atom. The van der Waals surface area contributed by atoms with Crippen molar-refractivity contribution in [2.75, 3.05) is 25.0 Å². The normalized spacial score (nSPS) is 19.1. The number of carbonyl (C=O) groups excluding carboxylic acids is 1. The van der Waals surface area contributed by atoms with Crippen LogP contribution in [-0.4, -0.2) is 36.5 Å². The largest absolute Gasteiger partial charge is 0.330 e. The summed E-state index contributed by atoms with van der Waals surface area (Å²) < 4.78 is 0. The Balaban J connectivity index is 1.85. The highest BCUT2D eigenvalue weighted by atomic mass is 35.5. The molecular weight excluding hydrogens is 321 g/mol. The van der Waals surface area contributed by atoms with Crippen molar-refractivity contribution in [3.63, 3.8) is 0 Å². The first-order valence-electron chi connectivity index (χ1n) is 7.79. The van der Waals surface area contributed by atoms with Gasteiger partial charge in [-0.25, -0.2) is 0 Å². The topological polar surface area (TPSA) is 58.4 Å². The Hall–Kier alpha value is -0.810. The Labute approximate surface area is 141 Å². The summed E-state index contributed by atoms with van der Waals surface area (Å²) in [6.45, 7) is 2.51. The van der Waals surface area contributed by atoms with Crippen molar-refractivity contribution in [2.45, 2.75) is 38.1 Å². The van der Waals surface area contributed by atoms with Gasteiger partial charge in [-0.15, -0.1) is 0 Å². The summed E-state index contributed by atoms with van der Waals surface area (Å²) in [5.41, 5.74) is 6.24. The molecule has 1 atom stereocenters. The lowest BCUT2D eigenvalue weighted by atomic mass is 9.99. The molecule has 2 rings (SSSR count). The zero-order chi connectivity index (χ0) is 15.9. The zero-order valence-corrected chi connectivity index (χ0v) is 14.2. The van der Waals surface area contributed by atoms with Crippen LogP contribution >= 0.6 is 23.2 Å². The number of hydrogen-bond acceptors (Lipinski definition) is 3. The number of hydrogen-bond donors (Lipinski definition) is 2. The molecule has 4 nitrogen and oxygen atoms in total. The first-order chi connectivity index (χ1) is 10.6. The molecule has 1 unspecified atom stereocenters. The van der Waals surface area contributed by atoms with Gasteiger partial charge in [-0.3, -0.25) is 9.69 Å². The number of carbonyl (C=O) groups is 1. The molecule has 0 spiro atoms. The van der Waals surface area contributed by atoms with Crippen molar-refractivity contribution in [3.05, 3.63) is 28.2 Å². The monoisotopic (exact) mass is 343 g/mol. The van der Waals surface area contributed by atoms with E-state index in [0.29, 0.717) is 34.7 Å². The van der Waals surface area contributed by atoms with Gasteiger partial charge in [0, 0.05) is 24.0 Å². The summed E-state index contributed by atoms with van der Waals surface area (Å²) in [5, 5.41) is 3.88. The third-order valence-electron chi connectivity index (χ3n) is 4.08. The van der Waals surface area contributed by atoms with E-state index >= 15 is 0 Å². The molecular formula is C16H23Cl2N3O. The number of anilines is 1. The van der Waals surface area contributed by atoms with Crippen LogP contribution < -0.4 is 11.1 Å². The zero-order valence-electron chi connectivity index (χ0n) is 12.7. The maximum Gasteiger partial charge on any atom is 0.225 e. The summed E-state index contributed by atoms with van der Waals surface area (Å²) in [4.78, 5) is 14.5. The second kappa shape index (κ2) is 8.73. The molecule has 1 aromatic carbocycles. The summed E-state index contributed by atoms with van der Waals surface area (Å²) in [6.07, 6.45) is 5.08. The van der Waals surface area contributed by atoms with Crippen LogP contribution in [0.3, 0.4) is 0 Å². The minimum Gasteiger partial charge on any atom is -0.330 e. The lowest BCUT2D eigenvalue weighted by Crippen LogP contribution is -2.42. The van der Waals surface area contributed by atoms with Gasteiger partial charge in [0.05, 0.1) is 10.7 Å². The van der Waals surface area contributed by atoms with E-state index in [0.717, 1.165) is 19.5 Å². The number of benzene rings is 1. The number of amides is 1. The molecule has 1 fully saturated rings. The van der Waals surface area contributed by atoms with Crippen LogP contribution in [0.4, 0.5) is 5.69 Å². The molecule has 1 heterocycles. The molecule has 1 aliphatic rings. The highest BCUT2D eigenvalue weighted by Gasteiger charge is 2.22. The SMILES string of the molecule is NCCC1CCCCN1CCC(=O)Nc1cc(Cl)ccc1Cl. The standard InChI is InChI=1S/C16H23Cl2N3O/c17-12-4-5-14(18)15(11-12)20-16(22)7-10-21-9-2-1-3-13(21)6-8-19/h4-5,11,13H,1-3,6-10,19H2,(H,20,22). The van der Waals surface area contributed by atoms with Gasteiger partial charge in [-0.1, -0.05) is 29.6 Å². The maximum atomic E-state index is 12.1. The molecule has 1 amide bonds. The average Bonchev–Trinajstić information content (AvgIpc) is 2.50. The van der Waals surface area contributed by atoms with Gasteiger partial charge in [0.25, 0.3) is 0 Å². The van der Waals surface area contributed by atoms with Crippen LogP contribution in [0, 0.1) is 0 Å². The average molecular weight is 344 g/mol. The van der Waals surface area contributed by atoms with Gasteiger partial charge in [-0.05, 0) is 50.6 Å². The molecule has 1 saturated heterocycles.